The molecular formula is C14H23NO3. The van der Waals surface area contributed by atoms with E-state index >= 15 is 0 Å². The first-order valence-electron chi connectivity index (χ1n) is 6.28. The molecule has 102 valence electrons. The molecular weight excluding hydrogens is 230 g/mol. The molecule has 0 fully saturated rings. The fraction of sp³-hybridized carbons (Fsp3) is 0.571. The van der Waals surface area contributed by atoms with E-state index in [9.17, 15) is 0 Å². The van der Waals surface area contributed by atoms with Gasteiger partial charge in [0.05, 0.1) is 33.0 Å². The summed E-state index contributed by atoms with van der Waals surface area (Å²) in [6.45, 7) is 6.08. The van der Waals surface area contributed by atoms with E-state index in [1.54, 1.807) is 7.11 Å². The maximum absolute atomic E-state index is 5.45. The molecule has 18 heavy (non-hydrogen) atoms. The fourth-order valence-electron chi connectivity index (χ4n) is 1.49. The van der Waals surface area contributed by atoms with E-state index < -0.39 is 0 Å². The van der Waals surface area contributed by atoms with Crippen LogP contribution < -0.4 is 5.32 Å². The van der Waals surface area contributed by atoms with Gasteiger partial charge in [0.25, 0.3) is 0 Å². The van der Waals surface area contributed by atoms with Gasteiger partial charge in [0, 0.05) is 19.3 Å². The predicted octanol–water partition coefficient (Wildman–Crippen LogP) is 2.09. The van der Waals surface area contributed by atoms with Crippen LogP contribution in [0.2, 0.25) is 0 Å². The summed E-state index contributed by atoms with van der Waals surface area (Å²) < 4.78 is 15.6. The van der Waals surface area contributed by atoms with Crippen molar-refractivity contribution in [3.05, 3.63) is 29.8 Å². The van der Waals surface area contributed by atoms with Crippen LogP contribution in [0.25, 0.3) is 0 Å². The highest BCUT2D eigenvalue weighted by Crippen LogP contribution is 2.12. The zero-order chi connectivity index (χ0) is 13.1. The number of rotatable bonds is 10. The van der Waals surface area contributed by atoms with Gasteiger partial charge in [-0.1, -0.05) is 18.2 Å². The fourth-order valence-corrected chi connectivity index (χ4v) is 1.49. The molecule has 0 spiro atoms. The van der Waals surface area contributed by atoms with Crippen molar-refractivity contribution in [1.82, 2.24) is 0 Å². The highest BCUT2D eigenvalue weighted by atomic mass is 16.5. The number of ether oxygens (including phenoxy) is 3. The summed E-state index contributed by atoms with van der Waals surface area (Å²) in [6, 6.07) is 8.23. The van der Waals surface area contributed by atoms with Crippen LogP contribution in [0.5, 0.6) is 0 Å². The maximum Gasteiger partial charge on any atom is 0.0701 e. The van der Waals surface area contributed by atoms with Gasteiger partial charge < -0.3 is 19.5 Å². The van der Waals surface area contributed by atoms with Gasteiger partial charge in [-0.2, -0.15) is 0 Å². The minimum atomic E-state index is 0.619. The first-order chi connectivity index (χ1) is 8.84. The van der Waals surface area contributed by atoms with Crippen molar-refractivity contribution in [3.8, 4) is 0 Å². The molecule has 0 amide bonds. The van der Waals surface area contributed by atoms with Crippen LogP contribution in [0, 0.1) is 6.92 Å². The summed E-state index contributed by atoms with van der Waals surface area (Å²) in [5.74, 6) is 0. The maximum atomic E-state index is 5.45. The third-order valence-electron chi connectivity index (χ3n) is 2.51. The molecule has 0 saturated heterocycles. The Morgan fingerprint density at radius 3 is 2.33 bits per heavy atom. The van der Waals surface area contributed by atoms with Gasteiger partial charge in [-0.15, -0.1) is 0 Å². The van der Waals surface area contributed by atoms with Crippen LogP contribution in [0.4, 0.5) is 5.69 Å². The predicted molar refractivity (Wildman–Crippen MR) is 73.2 cm³/mol. The van der Waals surface area contributed by atoms with Crippen LogP contribution in [0.3, 0.4) is 0 Å². The van der Waals surface area contributed by atoms with Crippen molar-refractivity contribution in [2.45, 2.75) is 6.92 Å². The number of nitrogens with one attached hydrogen (secondary N) is 1. The number of hydrogen-bond donors (Lipinski definition) is 1. The highest BCUT2D eigenvalue weighted by Gasteiger charge is 1.95. The third-order valence-corrected chi connectivity index (χ3v) is 2.51. The SMILES string of the molecule is COCCOCCOCCNc1ccccc1C. The van der Waals surface area contributed by atoms with Crippen molar-refractivity contribution < 1.29 is 14.2 Å². The molecule has 0 aliphatic rings. The molecule has 0 aliphatic heterocycles. The zero-order valence-corrected chi connectivity index (χ0v) is 11.3. The lowest BCUT2D eigenvalue weighted by atomic mass is 10.2. The van der Waals surface area contributed by atoms with Crippen molar-refractivity contribution >= 4 is 5.69 Å². The molecule has 1 N–H and O–H groups in total. The summed E-state index contributed by atoms with van der Waals surface area (Å²) in [7, 11) is 1.66. The standard InChI is InChI=1S/C14H23NO3/c1-13-5-3-4-6-14(13)15-7-8-17-11-12-18-10-9-16-2/h3-6,15H,7-12H2,1-2H3. The van der Waals surface area contributed by atoms with E-state index in [0.717, 1.165) is 12.2 Å². The molecule has 0 aliphatic carbocycles. The minimum absolute atomic E-state index is 0.619. The first kappa shape index (κ1) is 15.0. The average molecular weight is 253 g/mol. The van der Waals surface area contributed by atoms with Crippen molar-refractivity contribution in [1.29, 1.82) is 0 Å². The Balaban J connectivity index is 1.94. The zero-order valence-electron chi connectivity index (χ0n) is 11.3. The van der Waals surface area contributed by atoms with Crippen LogP contribution in [0.1, 0.15) is 5.56 Å². The van der Waals surface area contributed by atoms with Crippen molar-refractivity contribution in [2.75, 3.05) is 52.0 Å². The monoisotopic (exact) mass is 253 g/mol. The Kier molecular flexibility index (Phi) is 8.21. The van der Waals surface area contributed by atoms with Crippen LogP contribution in [-0.4, -0.2) is 46.7 Å². The summed E-state index contributed by atoms with van der Waals surface area (Å²) in [5.41, 5.74) is 2.41. The van der Waals surface area contributed by atoms with Crippen molar-refractivity contribution in [3.63, 3.8) is 0 Å². The molecule has 0 radical (unpaired) electrons. The average Bonchev–Trinajstić information content (AvgIpc) is 2.39. The van der Waals surface area contributed by atoms with Gasteiger partial charge in [0.15, 0.2) is 0 Å². The largest absolute Gasteiger partial charge is 0.383 e. The number of aryl methyl sites for hydroxylation is 1. The second-order valence-corrected chi connectivity index (χ2v) is 3.96. The van der Waals surface area contributed by atoms with Gasteiger partial charge in [0.1, 0.15) is 0 Å². The smallest absolute Gasteiger partial charge is 0.0701 e. The molecule has 0 saturated carbocycles. The summed E-state index contributed by atoms with van der Waals surface area (Å²) in [5, 5.41) is 3.34. The molecule has 0 bridgehead atoms. The number of hydrogen-bond acceptors (Lipinski definition) is 4. The van der Waals surface area contributed by atoms with Gasteiger partial charge in [-0.25, -0.2) is 0 Å². The summed E-state index contributed by atoms with van der Waals surface area (Å²) >= 11 is 0. The number of anilines is 1. The molecule has 0 aromatic heterocycles. The topological polar surface area (TPSA) is 39.7 Å². The van der Waals surface area contributed by atoms with E-state index in [1.807, 2.05) is 12.1 Å². The quantitative estimate of drug-likeness (QED) is 0.648. The van der Waals surface area contributed by atoms with Crippen LogP contribution in [0.15, 0.2) is 24.3 Å². The molecule has 4 heteroatoms. The summed E-state index contributed by atoms with van der Waals surface area (Å²) in [4.78, 5) is 0. The van der Waals surface area contributed by atoms with Crippen LogP contribution in [-0.2, 0) is 14.2 Å². The van der Waals surface area contributed by atoms with Crippen LogP contribution >= 0.6 is 0 Å². The number of para-hydroxylation sites is 1. The molecule has 0 unspecified atom stereocenters. The normalized spacial score (nSPS) is 10.6. The molecule has 1 aromatic carbocycles. The Labute approximate surface area is 109 Å². The molecule has 4 nitrogen and oxygen atoms in total. The second kappa shape index (κ2) is 9.88. The van der Waals surface area contributed by atoms with Gasteiger partial charge in [-0.05, 0) is 18.6 Å². The van der Waals surface area contributed by atoms with E-state index in [-0.39, 0.29) is 0 Å². The first-order valence-corrected chi connectivity index (χ1v) is 6.28. The minimum Gasteiger partial charge on any atom is -0.383 e. The molecule has 1 rings (SSSR count). The number of benzene rings is 1. The van der Waals surface area contributed by atoms with Gasteiger partial charge in [0.2, 0.25) is 0 Å². The highest BCUT2D eigenvalue weighted by molar-refractivity contribution is 5.50. The Morgan fingerprint density at radius 1 is 0.944 bits per heavy atom. The molecule has 1 aromatic rings. The lowest BCUT2D eigenvalue weighted by molar-refractivity contribution is 0.0272. The summed E-state index contributed by atoms with van der Waals surface area (Å²) in [6.07, 6.45) is 0. The Bertz CT molecular complexity index is 318. The van der Waals surface area contributed by atoms with E-state index in [0.29, 0.717) is 33.0 Å². The van der Waals surface area contributed by atoms with Gasteiger partial charge in [-0.3, -0.25) is 0 Å². The molecule has 0 atom stereocenters. The number of methoxy groups -OCH3 is 1. The Hall–Kier alpha value is -1.10. The van der Waals surface area contributed by atoms with E-state index in [4.69, 9.17) is 14.2 Å². The Morgan fingerprint density at radius 2 is 1.61 bits per heavy atom. The van der Waals surface area contributed by atoms with Crippen molar-refractivity contribution in [2.24, 2.45) is 0 Å². The van der Waals surface area contributed by atoms with E-state index in [1.165, 1.54) is 5.56 Å². The van der Waals surface area contributed by atoms with Gasteiger partial charge >= 0.3 is 0 Å². The molecule has 0 heterocycles. The third kappa shape index (κ3) is 6.59. The lowest BCUT2D eigenvalue weighted by Crippen LogP contribution is -2.13. The van der Waals surface area contributed by atoms with E-state index in [2.05, 4.69) is 24.4 Å². The second-order valence-electron chi connectivity index (χ2n) is 3.96. The lowest BCUT2D eigenvalue weighted by Gasteiger charge is -2.09.